The first-order valence-corrected chi connectivity index (χ1v) is 8.97. The van der Waals surface area contributed by atoms with Gasteiger partial charge in [-0.1, -0.05) is 43.2 Å². The summed E-state index contributed by atoms with van der Waals surface area (Å²) in [6.07, 6.45) is 4.89. The minimum atomic E-state index is 0.145. The van der Waals surface area contributed by atoms with E-state index in [2.05, 4.69) is 52.8 Å². The highest BCUT2D eigenvalue weighted by Gasteiger charge is 2.35. The number of benzene rings is 1. The van der Waals surface area contributed by atoms with E-state index in [1.807, 2.05) is 0 Å². The van der Waals surface area contributed by atoms with Crippen LogP contribution in [0, 0.1) is 0 Å². The predicted octanol–water partition coefficient (Wildman–Crippen LogP) is 1.91. The van der Waals surface area contributed by atoms with Crippen LogP contribution < -0.4 is 10.6 Å². The molecule has 2 aliphatic rings. The van der Waals surface area contributed by atoms with Crippen LogP contribution in [0.15, 0.2) is 30.3 Å². The van der Waals surface area contributed by atoms with Crippen molar-refractivity contribution in [3.8, 4) is 0 Å². The molecule has 0 unspecified atom stereocenters. The zero-order chi connectivity index (χ0) is 16.1. The highest BCUT2D eigenvalue weighted by atomic mass is 16.2. The predicted molar refractivity (Wildman–Crippen MR) is 93.5 cm³/mol. The zero-order valence-corrected chi connectivity index (χ0v) is 14.2. The molecule has 2 fully saturated rings. The van der Waals surface area contributed by atoms with Crippen molar-refractivity contribution in [2.45, 2.75) is 44.1 Å². The van der Waals surface area contributed by atoms with Crippen LogP contribution >= 0.6 is 0 Å². The fourth-order valence-electron chi connectivity index (χ4n) is 4.04. The summed E-state index contributed by atoms with van der Waals surface area (Å²) in [4.78, 5) is 14.7. The smallest absolute Gasteiger partial charge is 0.234 e. The molecule has 0 bridgehead atoms. The van der Waals surface area contributed by atoms with Gasteiger partial charge in [-0.2, -0.15) is 0 Å². The first-order valence-electron chi connectivity index (χ1n) is 8.97. The van der Waals surface area contributed by atoms with Crippen molar-refractivity contribution < 1.29 is 4.79 Å². The van der Waals surface area contributed by atoms with E-state index in [-0.39, 0.29) is 11.3 Å². The molecule has 1 aliphatic heterocycles. The molecular weight excluding hydrogens is 286 g/mol. The Labute approximate surface area is 139 Å². The lowest BCUT2D eigenvalue weighted by molar-refractivity contribution is -0.123. The van der Waals surface area contributed by atoms with Crippen LogP contribution in [0.4, 0.5) is 0 Å². The molecule has 1 saturated carbocycles. The molecule has 0 radical (unpaired) electrons. The van der Waals surface area contributed by atoms with Gasteiger partial charge in [-0.25, -0.2) is 0 Å². The van der Waals surface area contributed by atoms with Crippen LogP contribution in [0.5, 0.6) is 0 Å². The SMILES string of the molecule is C[C@H]1CNCCN1CC(=O)NCC1(c2ccccc2)CCCC1. The van der Waals surface area contributed by atoms with Crippen molar-refractivity contribution in [2.24, 2.45) is 0 Å². The molecule has 0 aromatic heterocycles. The molecule has 2 N–H and O–H groups in total. The average molecular weight is 315 g/mol. The van der Waals surface area contributed by atoms with Crippen molar-refractivity contribution >= 4 is 5.91 Å². The van der Waals surface area contributed by atoms with Gasteiger partial charge in [0.05, 0.1) is 6.54 Å². The van der Waals surface area contributed by atoms with E-state index in [9.17, 15) is 4.79 Å². The normalized spacial score (nSPS) is 24.5. The number of carbonyl (C=O) groups excluding carboxylic acids is 1. The molecule has 3 rings (SSSR count). The van der Waals surface area contributed by atoms with Gasteiger partial charge in [0.25, 0.3) is 0 Å². The first-order chi connectivity index (χ1) is 11.2. The zero-order valence-electron chi connectivity index (χ0n) is 14.2. The topological polar surface area (TPSA) is 44.4 Å². The Morgan fingerprint density at radius 3 is 2.74 bits per heavy atom. The summed E-state index contributed by atoms with van der Waals surface area (Å²) in [6.45, 7) is 6.39. The lowest BCUT2D eigenvalue weighted by Crippen LogP contribution is -2.53. The molecule has 1 aliphatic carbocycles. The minimum absolute atomic E-state index is 0.145. The van der Waals surface area contributed by atoms with Gasteiger partial charge in [0, 0.05) is 37.6 Å². The Morgan fingerprint density at radius 2 is 2.04 bits per heavy atom. The lowest BCUT2D eigenvalue weighted by atomic mass is 9.79. The van der Waals surface area contributed by atoms with Crippen LogP contribution in [-0.2, 0) is 10.2 Å². The summed E-state index contributed by atoms with van der Waals surface area (Å²) in [5.41, 5.74) is 1.53. The second-order valence-electron chi connectivity index (χ2n) is 7.15. The number of nitrogens with one attached hydrogen (secondary N) is 2. The molecule has 126 valence electrons. The Bertz CT molecular complexity index is 511. The van der Waals surface area contributed by atoms with Crippen molar-refractivity contribution in [2.75, 3.05) is 32.7 Å². The molecule has 23 heavy (non-hydrogen) atoms. The number of hydrogen-bond acceptors (Lipinski definition) is 3. The summed E-state index contributed by atoms with van der Waals surface area (Å²) in [7, 11) is 0. The van der Waals surface area contributed by atoms with Crippen LogP contribution in [0.25, 0.3) is 0 Å². The van der Waals surface area contributed by atoms with Gasteiger partial charge >= 0.3 is 0 Å². The van der Waals surface area contributed by atoms with Crippen molar-refractivity contribution in [1.82, 2.24) is 15.5 Å². The second kappa shape index (κ2) is 7.45. The summed E-state index contributed by atoms with van der Waals surface area (Å²) >= 11 is 0. The summed E-state index contributed by atoms with van der Waals surface area (Å²) in [5.74, 6) is 0.168. The molecule has 1 aromatic rings. The van der Waals surface area contributed by atoms with Gasteiger partial charge < -0.3 is 10.6 Å². The third-order valence-electron chi connectivity index (χ3n) is 5.56. The first kappa shape index (κ1) is 16.5. The molecule has 4 heteroatoms. The van der Waals surface area contributed by atoms with Crippen molar-refractivity contribution in [3.63, 3.8) is 0 Å². The Hall–Kier alpha value is -1.39. The van der Waals surface area contributed by atoms with E-state index < -0.39 is 0 Å². The molecule has 1 saturated heterocycles. The maximum Gasteiger partial charge on any atom is 0.234 e. The van der Waals surface area contributed by atoms with Crippen molar-refractivity contribution in [3.05, 3.63) is 35.9 Å². The Morgan fingerprint density at radius 1 is 1.30 bits per heavy atom. The third-order valence-corrected chi connectivity index (χ3v) is 5.56. The molecule has 1 atom stereocenters. The number of carbonyl (C=O) groups is 1. The summed E-state index contributed by atoms with van der Waals surface area (Å²) in [5, 5.41) is 6.60. The maximum absolute atomic E-state index is 12.4. The van der Waals surface area contributed by atoms with Crippen LogP contribution in [0.1, 0.15) is 38.2 Å². The molecule has 1 aromatic carbocycles. The van der Waals surface area contributed by atoms with Crippen LogP contribution in [-0.4, -0.2) is 49.6 Å². The van der Waals surface area contributed by atoms with Gasteiger partial charge in [-0.3, -0.25) is 9.69 Å². The van der Waals surface area contributed by atoms with Crippen LogP contribution in [0.2, 0.25) is 0 Å². The summed E-state index contributed by atoms with van der Waals surface area (Å²) in [6, 6.07) is 11.2. The quantitative estimate of drug-likeness (QED) is 0.872. The van der Waals surface area contributed by atoms with Crippen LogP contribution in [0.3, 0.4) is 0 Å². The highest BCUT2D eigenvalue weighted by molar-refractivity contribution is 5.78. The van der Waals surface area contributed by atoms with Gasteiger partial charge in [0.2, 0.25) is 5.91 Å². The molecule has 1 amide bonds. The maximum atomic E-state index is 12.4. The van der Waals surface area contributed by atoms with E-state index in [0.717, 1.165) is 26.2 Å². The second-order valence-corrected chi connectivity index (χ2v) is 7.15. The minimum Gasteiger partial charge on any atom is -0.354 e. The monoisotopic (exact) mass is 315 g/mol. The van der Waals surface area contributed by atoms with E-state index in [4.69, 9.17) is 0 Å². The van der Waals surface area contributed by atoms with Gasteiger partial charge in [0.15, 0.2) is 0 Å². The fraction of sp³-hybridized carbons (Fsp3) is 0.632. The highest BCUT2D eigenvalue weighted by Crippen LogP contribution is 2.40. The van der Waals surface area contributed by atoms with Gasteiger partial charge in [-0.15, -0.1) is 0 Å². The Kier molecular flexibility index (Phi) is 5.34. The van der Waals surface area contributed by atoms with E-state index >= 15 is 0 Å². The molecule has 1 heterocycles. The number of rotatable bonds is 5. The average Bonchev–Trinajstić information content (AvgIpc) is 3.06. The van der Waals surface area contributed by atoms with Gasteiger partial charge in [0.1, 0.15) is 0 Å². The van der Waals surface area contributed by atoms with E-state index in [1.165, 1.54) is 31.2 Å². The number of nitrogens with zero attached hydrogens (tertiary/aromatic N) is 1. The van der Waals surface area contributed by atoms with Gasteiger partial charge in [-0.05, 0) is 25.3 Å². The number of hydrogen-bond donors (Lipinski definition) is 2. The fourth-order valence-corrected chi connectivity index (χ4v) is 4.04. The number of piperazine rings is 1. The standard InChI is InChI=1S/C19H29N3O/c1-16-13-20-11-12-22(16)14-18(23)21-15-19(9-5-6-10-19)17-7-3-2-4-8-17/h2-4,7-8,16,20H,5-6,9-15H2,1H3,(H,21,23)/t16-/m0/s1. The van der Waals surface area contributed by atoms with E-state index in [1.54, 1.807) is 0 Å². The molecule has 0 spiro atoms. The van der Waals surface area contributed by atoms with E-state index in [0.29, 0.717) is 12.6 Å². The molecular formula is C19H29N3O. The number of amides is 1. The largest absolute Gasteiger partial charge is 0.354 e. The third kappa shape index (κ3) is 3.93. The Balaban J connectivity index is 1.58. The molecule has 4 nitrogen and oxygen atoms in total. The van der Waals surface area contributed by atoms with Crippen molar-refractivity contribution in [1.29, 1.82) is 0 Å². The lowest BCUT2D eigenvalue weighted by Gasteiger charge is -2.34. The summed E-state index contributed by atoms with van der Waals surface area (Å²) < 4.78 is 0.